The number of aromatic nitrogens is 1. The lowest BCUT2D eigenvalue weighted by Gasteiger charge is -2.36. The Labute approximate surface area is 209 Å². The molecule has 6 nitrogen and oxygen atoms in total. The molecule has 1 unspecified atom stereocenters. The maximum Gasteiger partial charge on any atom is 0.247 e. The Kier molecular flexibility index (Phi) is 7.93. The fourth-order valence-corrected chi connectivity index (χ4v) is 4.99. The summed E-state index contributed by atoms with van der Waals surface area (Å²) < 4.78 is 29.1. The van der Waals surface area contributed by atoms with Crippen molar-refractivity contribution in [2.75, 3.05) is 9.80 Å². The topological polar surface area (TPSA) is 69.4 Å². The zero-order valence-electron chi connectivity index (χ0n) is 20.2. The van der Waals surface area contributed by atoms with Crippen LogP contribution in [0.1, 0.15) is 50.6 Å². The van der Waals surface area contributed by atoms with E-state index in [1.807, 2.05) is 31.2 Å². The molecule has 8 heteroatoms. The third kappa shape index (κ3) is 5.53. The first-order chi connectivity index (χ1) is 17.4. The number of benzene rings is 2. The molecule has 0 radical (unpaired) electrons. The molecular formula is C28H30F2N4O2. The number of hydrogen-bond donors (Lipinski definition) is 1. The number of pyridine rings is 1. The third-order valence-corrected chi connectivity index (χ3v) is 6.79. The molecule has 1 heterocycles. The molecule has 1 fully saturated rings. The highest BCUT2D eigenvalue weighted by atomic mass is 19.1. The molecule has 0 aliphatic heterocycles. The molecule has 1 aromatic heterocycles. The van der Waals surface area contributed by atoms with Crippen LogP contribution in [0.15, 0.2) is 66.9 Å². The maximum atomic E-state index is 14.2. The summed E-state index contributed by atoms with van der Waals surface area (Å²) in [5.74, 6) is -1.45. The molecule has 3 aromatic rings. The normalized spacial score (nSPS) is 14.8. The minimum absolute atomic E-state index is 0.0866. The van der Waals surface area contributed by atoms with E-state index in [2.05, 4.69) is 0 Å². The van der Waals surface area contributed by atoms with Crippen LogP contribution in [0.2, 0.25) is 0 Å². The highest BCUT2D eigenvalue weighted by Gasteiger charge is 2.29. The van der Waals surface area contributed by atoms with Gasteiger partial charge < -0.3 is 14.4 Å². The van der Waals surface area contributed by atoms with Gasteiger partial charge >= 0.3 is 0 Å². The predicted octanol–water partition coefficient (Wildman–Crippen LogP) is 5.34. The Balaban J connectivity index is 1.74. The monoisotopic (exact) mass is 492 g/mol. The quantitative estimate of drug-likeness (QED) is 0.432. The summed E-state index contributed by atoms with van der Waals surface area (Å²) in [6.07, 6.45) is 7.31. The first-order valence-electron chi connectivity index (χ1n) is 12.2. The van der Waals surface area contributed by atoms with E-state index in [1.54, 1.807) is 11.0 Å². The Bertz CT molecular complexity index is 1290. The van der Waals surface area contributed by atoms with Crippen LogP contribution in [0.3, 0.4) is 0 Å². The van der Waals surface area contributed by atoms with Crippen molar-refractivity contribution in [2.24, 2.45) is 0 Å². The van der Waals surface area contributed by atoms with E-state index >= 15 is 0 Å². The van der Waals surface area contributed by atoms with Crippen molar-refractivity contribution < 1.29 is 18.4 Å². The van der Waals surface area contributed by atoms with Crippen LogP contribution in [0.25, 0.3) is 0 Å². The van der Waals surface area contributed by atoms with Gasteiger partial charge in [0.2, 0.25) is 12.3 Å². The van der Waals surface area contributed by atoms with Crippen LogP contribution in [0, 0.1) is 17.0 Å². The zero-order chi connectivity index (χ0) is 25.7. The van der Waals surface area contributed by atoms with Crippen LogP contribution in [0.5, 0.6) is 0 Å². The van der Waals surface area contributed by atoms with Crippen molar-refractivity contribution in [3.63, 3.8) is 0 Å². The first kappa shape index (κ1) is 25.3. The number of carbonyl (C=O) groups is 2. The van der Waals surface area contributed by atoms with Crippen LogP contribution in [-0.2, 0) is 16.1 Å². The number of anilines is 2. The molecular weight excluding hydrogens is 462 g/mol. The van der Waals surface area contributed by atoms with Gasteiger partial charge in [-0.3, -0.25) is 15.0 Å². The molecule has 1 aliphatic carbocycles. The molecule has 2 amide bonds. The molecule has 0 spiro atoms. The van der Waals surface area contributed by atoms with Gasteiger partial charge in [-0.25, -0.2) is 8.78 Å². The number of nitrogens with one attached hydrogen (secondary N) is 1. The largest absolute Gasteiger partial charge is 0.324 e. The van der Waals surface area contributed by atoms with Crippen molar-refractivity contribution in [3.05, 3.63) is 89.5 Å². The summed E-state index contributed by atoms with van der Waals surface area (Å²) in [5.41, 5.74) is 1.67. The van der Waals surface area contributed by atoms with Crippen molar-refractivity contribution in [1.29, 1.82) is 5.41 Å². The Morgan fingerprint density at radius 3 is 2.47 bits per heavy atom. The second kappa shape index (κ2) is 11.3. The van der Waals surface area contributed by atoms with Crippen molar-refractivity contribution in [2.45, 2.75) is 57.7 Å². The average Bonchev–Trinajstić information content (AvgIpc) is 2.87. The van der Waals surface area contributed by atoms with Gasteiger partial charge in [-0.15, -0.1) is 0 Å². The number of carbonyl (C=O) groups excluding carboxylic acids is 2. The lowest BCUT2D eigenvalue weighted by molar-refractivity contribution is -0.119. The number of para-hydroxylation sites is 1. The first-order valence-corrected chi connectivity index (χ1v) is 12.2. The van der Waals surface area contributed by atoms with Crippen molar-refractivity contribution >= 4 is 23.7 Å². The molecule has 1 aliphatic rings. The van der Waals surface area contributed by atoms with Gasteiger partial charge in [-0.05, 0) is 55.7 Å². The summed E-state index contributed by atoms with van der Waals surface area (Å²) in [4.78, 5) is 29.1. The zero-order valence-corrected chi connectivity index (χ0v) is 20.2. The summed E-state index contributed by atoms with van der Waals surface area (Å²) in [7, 11) is 0. The smallest absolute Gasteiger partial charge is 0.247 e. The fraction of sp³-hybridized carbons (Fsp3) is 0.321. The van der Waals surface area contributed by atoms with Crippen LogP contribution in [0.4, 0.5) is 20.2 Å². The number of nitrogens with zero attached hydrogens (tertiary/aromatic N) is 3. The summed E-state index contributed by atoms with van der Waals surface area (Å²) in [6, 6.07) is 15.0. The molecule has 4 rings (SSSR count). The number of halogens is 2. The highest BCUT2D eigenvalue weighted by Crippen LogP contribution is 2.36. The molecule has 36 heavy (non-hydrogen) atoms. The van der Waals surface area contributed by atoms with Crippen molar-refractivity contribution in [3.8, 4) is 0 Å². The van der Waals surface area contributed by atoms with Gasteiger partial charge in [-0.1, -0.05) is 43.5 Å². The molecule has 1 saturated carbocycles. The highest BCUT2D eigenvalue weighted by molar-refractivity contribution is 5.94. The van der Waals surface area contributed by atoms with E-state index in [4.69, 9.17) is 5.41 Å². The van der Waals surface area contributed by atoms with Gasteiger partial charge in [0.05, 0.1) is 6.04 Å². The van der Waals surface area contributed by atoms with Crippen LogP contribution < -0.4 is 15.3 Å². The standard InChI is InChI=1S/C28H30F2N4O2/c1-20(25-12-5-6-13-26(25)33(19-35)23-9-3-2-4-10-23)34(24-11-7-8-21(29)16-24)28(36)18-32-15-14-22(30)17-27(32)31/h5-8,11-17,19-20,23,31H,2-4,9-10,18H2,1H3. The number of rotatable bonds is 8. The average molecular weight is 493 g/mol. The molecule has 0 bridgehead atoms. The molecule has 1 N–H and O–H groups in total. The Morgan fingerprint density at radius 1 is 1.06 bits per heavy atom. The molecule has 0 saturated heterocycles. The van der Waals surface area contributed by atoms with Crippen molar-refractivity contribution in [1.82, 2.24) is 4.57 Å². The second-order valence-corrected chi connectivity index (χ2v) is 9.14. The minimum Gasteiger partial charge on any atom is -0.324 e. The molecule has 1 atom stereocenters. The van der Waals surface area contributed by atoms with E-state index < -0.39 is 23.6 Å². The maximum absolute atomic E-state index is 14.2. The predicted molar refractivity (Wildman–Crippen MR) is 134 cm³/mol. The lowest BCUT2D eigenvalue weighted by atomic mass is 9.93. The fourth-order valence-electron chi connectivity index (χ4n) is 4.99. The summed E-state index contributed by atoms with van der Waals surface area (Å²) in [5, 5.41) is 8.03. The van der Waals surface area contributed by atoms with E-state index in [0.29, 0.717) is 5.69 Å². The number of amides is 2. The van der Waals surface area contributed by atoms with Gasteiger partial charge in [0.25, 0.3) is 0 Å². The van der Waals surface area contributed by atoms with E-state index in [0.717, 1.165) is 55.8 Å². The Hall–Kier alpha value is -3.81. The summed E-state index contributed by atoms with van der Waals surface area (Å²) in [6.45, 7) is 1.60. The minimum atomic E-state index is -0.565. The van der Waals surface area contributed by atoms with E-state index in [9.17, 15) is 18.4 Å². The molecule has 2 aromatic carbocycles. The van der Waals surface area contributed by atoms with Gasteiger partial charge in [0, 0.05) is 29.7 Å². The lowest BCUT2D eigenvalue weighted by Crippen LogP contribution is -2.40. The second-order valence-electron chi connectivity index (χ2n) is 9.14. The van der Waals surface area contributed by atoms with Gasteiger partial charge in [0.1, 0.15) is 23.7 Å². The number of hydrogen-bond acceptors (Lipinski definition) is 3. The van der Waals surface area contributed by atoms with Gasteiger partial charge in [-0.2, -0.15) is 0 Å². The SMILES string of the molecule is CC(c1ccccc1N(C=O)C1CCCCC1)N(C(=O)Cn1ccc(F)cc1=N)c1cccc(F)c1. The Morgan fingerprint density at radius 2 is 1.78 bits per heavy atom. The molecule has 188 valence electrons. The van der Waals surface area contributed by atoms with E-state index in [-0.39, 0.29) is 18.1 Å². The van der Waals surface area contributed by atoms with Gasteiger partial charge in [0.15, 0.2) is 0 Å². The van der Waals surface area contributed by atoms with Crippen LogP contribution >= 0.6 is 0 Å². The van der Waals surface area contributed by atoms with Crippen LogP contribution in [-0.4, -0.2) is 22.9 Å². The third-order valence-electron chi connectivity index (χ3n) is 6.79. The summed E-state index contributed by atoms with van der Waals surface area (Å²) >= 11 is 0. The van der Waals surface area contributed by atoms with E-state index in [1.165, 1.54) is 39.9 Å².